The lowest BCUT2D eigenvalue weighted by Crippen LogP contribution is -2.39. The summed E-state index contributed by atoms with van der Waals surface area (Å²) in [4.78, 5) is 37.6. The van der Waals surface area contributed by atoms with E-state index < -0.39 is 0 Å². The second kappa shape index (κ2) is 11.9. The molecule has 1 saturated heterocycles. The van der Waals surface area contributed by atoms with Gasteiger partial charge in [-0.05, 0) is 62.2 Å². The average molecular weight is 438 g/mol. The number of nitrogens with one attached hydrogen (secondary N) is 3. The zero-order valence-corrected chi connectivity index (χ0v) is 18.2. The molecule has 0 saturated carbocycles. The van der Waals surface area contributed by atoms with Gasteiger partial charge in [0, 0.05) is 36.8 Å². The molecule has 0 unspecified atom stereocenters. The number of amides is 4. The molecule has 0 atom stereocenters. The minimum absolute atomic E-state index is 0.0163. The Kier molecular flexibility index (Phi) is 8.62. The molecule has 0 radical (unpaired) electrons. The van der Waals surface area contributed by atoms with Crippen LogP contribution in [0.25, 0.3) is 0 Å². The number of carbonyl (C=O) groups is 3. The highest BCUT2D eigenvalue weighted by molar-refractivity contribution is 5.92. The van der Waals surface area contributed by atoms with Gasteiger partial charge in [0.15, 0.2) is 0 Å². The van der Waals surface area contributed by atoms with Gasteiger partial charge in [-0.25, -0.2) is 4.79 Å². The van der Waals surface area contributed by atoms with Crippen LogP contribution in [0.1, 0.15) is 24.8 Å². The Bertz CT molecular complexity index is 894. The van der Waals surface area contributed by atoms with Crippen LogP contribution in [-0.4, -0.2) is 48.9 Å². The van der Waals surface area contributed by atoms with Crippen LogP contribution in [0, 0.1) is 5.92 Å². The third-order valence-corrected chi connectivity index (χ3v) is 5.61. The molecular weight excluding hydrogens is 406 g/mol. The molecule has 3 rings (SSSR count). The number of rotatable bonds is 9. The number of nitrogens with two attached hydrogens (primary N) is 1. The van der Waals surface area contributed by atoms with Gasteiger partial charge in [-0.2, -0.15) is 0 Å². The van der Waals surface area contributed by atoms with Crippen molar-refractivity contribution < 1.29 is 14.4 Å². The number of urea groups is 1. The van der Waals surface area contributed by atoms with Gasteiger partial charge >= 0.3 is 6.03 Å². The Morgan fingerprint density at radius 1 is 0.906 bits per heavy atom. The standard InChI is InChI=1S/C24H31N5O3/c25-23(31)19-12-16-29(17-13-19)15-11-18-6-8-21(9-7-18)27-22(30)10-14-26-24(32)28-20-4-2-1-3-5-20/h1-9,19H,10-17H2,(H2,25,31)(H,27,30)(H2,26,28,32). The van der Waals surface area contributed by atoms with Gasteiger partial charge < -0.3 is 26.6 Å². The van der Waals surface area contributed by atoms with E-state index >= 15 is 0 Å². The third-order valence-electron chi connectivity index (χ3n) is 5.61. The van der Waals surface area contributed by atoms with Gasteiger partial charge in [-0.3, -0.25) is 9.59 Å². The van der Waals surface area contributed by atoms with Crippen LogP contribution in [-0.2, 0) is 16.0 Å². The molecule has 4 amide bonds. The molecule has 0 spiro atoms. The SMILES string of the molecule is NC(=O)C1CCN(CCc2ccc(NC(=O)CCNC(=O)Nc3ccccc3)cc2)CC1. The van der Waals surface area contributed by atoms with Gasteiger partial charge in [0.05, 0.1) is 0 Å². The van der Waals surface area contributed by atoms with E-state index in [1.54, 1.807) is 12.1 Å². The van der Waals surface area contributed by atoms with Crippen LogP contribution in [0.3, 0.4) is 0 Å². The molecular formula is C24H31N5O3. The van der Waals surface area contributed by atoms with E-state index in [9.17, 15) is 14.4 Å². The fraction of sp³-hybridized carbons (Fsp3) is 0.375. The summed E-state index contributed by atoms with van der Waals surface area (Å²) < 4.78 is 0. The normalized spacial score (nSPS) is 14.5. The van der Waals surface area contributed by atoms with E-state index in [1.807, 2.05) is 42.5 Å². The average Bonchev–Trinajstić information content (AvgIpc) is 2.79. The van der Waals surface area contributed by atoms with Crippen molar-refractivity contribution in [1.82, 2.24) is 10.2 Å². The highest BCUT2D eigenvalue weighted by Gasteiger charge is 2.22. The van der Waals surface area contributed by atoms with E-state index in [0.29, 0.717) is 5.69 Å². The van der Waals surface area contributed by atoms with Crippen molar-refractivity contribution in [3.63, 3.8) is 0 Å². The van der Waals surface area contributed by atoms with E-state index in [-0.39, 0.29) is 36.7 Å². The zero-order valence-electron chi connectivity index (χ0n) is 18.2. The van der Waals surface area contributed by atoms with E-state index in [1.165, 1.54) is 5.56 Å². The Hall–Kier alpha value is -3.39. The first-order valence-electron chi connectivity index (χ1n) is 11.0. The van der Waals surface area contributed by atoms with Crippen molar-refractivity contribution in [3.8, 4) is 0 Å². The van der Waals surface area contributed by atoms with Crippen LogP contribution < -0.4 is 21.7 Å². The van der Waals surface area contributed by atoms with Crippen molar-refractivity contribution >= 4 is 29.2 Å². The topological polar surface area (TPSA) is 117 Å². The second-order valence-electron chi connectivity index (χ2n) is 8.01. The van der Waals surface area contributed by atoms with Crippen LogP contribution in [0.2, 0.25) is 0 Å². The fourth-order valence-corrected chi connectivity index (χ4v) is 3.69. The molecule has 0 bridgehead atoms. The number of hydrogen-bond acceptors (Lipinski definition) is 4. The Balaban J connectivity index is 1.32. The second-order valence-corrected chi connectivity index (χ2v) is 8.01. The number of nitrogens with zero attached hydrogens (tertiary/aromatic N) is 1. The van der Waals surface area contributed by atoms with E-state index in [0.717, 1.165) is 44.6 Å². The summed E-state index contributed by atoms with van der Waals surface area (Å²) in [7, 11) is 0. The molecule has 5 N–H and O–H groups in total. The molecule has 32 heavy (non-hydrogen) atoms. The maximum Gasteiger partial charge on any atom is 0.319 e. The fourth-order valence-electron chi connectivity index (χ4n) is 3.69. The molecule has 1 fully saturated rings. The minimum Gasteiger partial charge on any atom is -0.369 e. The molecule has 8 nitrogen and oxygen atoms in total. The number of primary amides is 1. The number of piperidine rings is 1. The molecule has 1 heterocycles. The molecule has 0 aromatic heterocycles. The number of benzene rings is 2. The molecule has 1 aliphatic heterocycles. The highest BCUT2D eigenvalue weighted by atomic mass is 16.2. The van der Waals surface area contributed by atoms with Gasteiger partial charge in [-0.1, -0.05) is 30.3 Å². The summed E-state index contributed by atoms with van der Waals surface area (Å²) in [6.45, 7) is 2.99. The quantitative estimate of drug-likeness (QED) is 0.482. The highest BCUT2D eigenvalue weighted by Crippen LogP contribution is 2.17. The predicted molar refractivity (Wildman–Crippen MR) is 125 cm³/mol. The van der Waals surface area contributed by atoms with Crippen molar-refractivity contribution in [2.24, 2.45) is 11.7 Å². The lowest BCUT2D eigenvalue weighted by Gasteiger charge is -2.30. The first-order valence-corrected chi connectivity index (χ1v) is 11.0. The molecule has 8 heteroatoms. The molecule has 1 aliphatic rings. The smallest absolute Gasteiger partial charge is 0.319 e. The number of hydrogen-bond donors (Lipinski definition) is 4. The predicted octanol–water partition coefficient (Wildman–Crippen LogP) is 2.58. The van der Waals surface area contributed by atoms with Crippen molar-refractivity contribution in [1.29, 1.82) is 0 Å². The van der Waals surface area contributed by atoms with Gasteiger partial charge in [0.2, 0.25) is 11.8 Å². The summed E-state index contributed by atoms with van der Waals surface area (Å²) in [6, 6.07) is 16.6. The number of likely N-dealkylation sites (tertiary alicyclic amines) is 1. The number of para-hydroxylation sites is 1. The van der Waals surface area contributed by atoms with Crippen LogP contribution in [0.5, 0.6) is 0 Å². The summed E-state index contributed by atoms with van der Waals surface area (Å²) in [5.74, 6) is -0.328. The largest absolute Gasteiger partial charge is 0.369 e. The molecule has 170 valence electrons. The number of anilines is 2. The van der Waals surface area contributed by atoms with Crippen LogP contribution in [0.15, 0.2) is 54.6 Å². The van der Waals surface area contributed by atoms with E-state index in [2.05, 4.69) is 20.9 Å². The first kappa shape index (κ1) is 23.3. The van der Waals surface area contributed by atoms with Crippen LogP contribution >= 0.6 is 0 Å². The molecule has 2 aromatic rings. The maximum atomic E-state index is 12.1. The number of carbonyl (C=O) groups excluding carboxylic acids is 3. The Labute approximate surface area is 188 Å². The lowest BCUT2D eigenvalue weighted by molar-refractivity contribution is -0.123. The molecule has 2 aromatic carbocycles. The van der Waals surface area contributed by atoms with Gasteiger partial charge in [0.1, 0.15) is 0 Å². The van der Waals surface area contributed by atoms with E-state index in [4.69, 9.17) is 5.73 Å². The lowest BCUT2D eigenvalue weighted by atomic mass is 9.96. The van der Waals surface area contributed by atoms with Crippen LogP contribution in [0.4, 0.5) is 16.2 Å². The summed E-state index contributed by atoms with van der Waals surface area (Å²) in [6.07, 6.45) is 2.77. The Morgan fingerprint density at radius 3 is 2.22 bits per heavy atom. The summed E-state index contributed by atoms with van der Waals surface area (Å²) >= 11 is 0. The molecule has 0 aliphatic carbocycles. The summed E-state index contributed by atoms with van der Waals surface area (Å²) in [5.41, 5.74) is 8.01. The first-order chi connectivity index (χ1) is 15.5. The summed E-state index contributed by atoms with van der Waals surface area (Å²) in [5, 5.41) is 8.23. The van der Waals surface area contributed by atoms with Crippen molar-refractivity contribution in [2.75, 3.05) is 36.8 Å². The maximum absolute atomic E-state index is 12.1. The van der Waals surface area contributed by atoms with Gasteiger partial charge in [-0.15, -0.1) is 0 Å². The minimum atomic E-state index is -0.341. The third kappa shape index (κ3) is 7.70. The zero-order chi connectivity index (χ0) is 22.8. The van der Waals surface area contributed by atoms with Crippen molar-refractivity contribution in [2.45, 2.75) is 25.7 Å². The Morgan fingerprint density at radius 2 is 1.56 bits per heavy atom. The van der Waals surface area contributed by atoms with Crippen molar-refractivity contribution in [3.05, 3.63) is 60.2 Å². The monoisotopic (exact) mass is 437 g/mol. The van der Waals surface area contributed by atoms with Gasteiger partial charge in [0.25, 0.3) is 0 Å².